The topological polar surface area (TPSA) is 68.3 Å². The Morgan fingerprint density at radius 3 is 2.89 bits per heavy atom. The first-order valence-electron chi connectivity index (χ1n) is 8.95. The number of thioether (sulfide) groups is 1. The second-order valence-electron chi connectivity index (χ2n) is 6.87. The summed E-state index contributed by atoms with van der Waals surface area (Å²) < 4.78 is 6.13. The van der Waals surface area contributed by atoms with E-state index in [0.717, 1.165) is 46.9 Å². The quantitative estimate of drug-likeness (QED) is 0.653. The fraction of sp³-hybridized carbons (Fsp3) is 0.190. The number of aromatic nitrogens is 1. The summed E-state index contributed by atoms with van der Waals surface area (Å²) in [5, 5.41) is 3.22. The highest BCUT2D eigenvalue weighted by atomic mass is 35.5. The number of fused-ring (bicyclic) bond motifs is 2. The van der Waals surface area contributed by atoms with Crippen molar-refractivity contribution in [2.45, 2.75) is 24.0 Å². The van der Waals surface area contributed by atoms with E-state index in [0.29, 0.717) is 16.3 Å². The molecule has 3 aromatic rings. The lowest BCUT2D eigenvalue weighted by Gasteiger charge is -2.16. The van der Waals surface area contributed by atoms with Gasteiger partial charge in [0, 0.05) is 17.5 Å². The van der Waals surface area contributed by atoms with Crippen molar-refractivity contribution in [1.82, 2.24) is 10.3 Å². The number of carbonyl (C=O) groups is 2. The molecule has 2 heterocycles. The first kappa shape index (κ1) is 17.5. The predicted octanol–water partition coefficient (Wildman–Crippen LogP) is 5.06. The van der Waals surface area contributed by atoms with Gasteiger partial charge in [-0.15, -0.1) is 0 Å². The molecule has 1 saturated heterocycles. The fourth-order valence-corrected chi connectivity index (χ4v) is 5.20. The summed E-state index contributed by atoms with van der Waals surface area (Å²) in [5.74, 6) is 1.29. The summed E-state index contributed by atoms with van der Waals surface area (Å²) in [4.78, 5) is 27.9. The molecule has 1 aliphatic carbocycles. The summed E-state index contributed by atoms with van der Waals surface area (Å²) in [6.45, 7) is 0. The van der Waals surface area contributed by atoms with E-state index in [2.05, 4.69) is 10.3 Å². The van der Waals surface area contributed by atoms with Gasteiger partial charge in [0.2, 0.25) is 5.91 Å². The molecule has 0 spiro atoms. The van der Waals surface area contributed by atoms with Crippen molar-refractivity contribution in [2.24, 2.45) is 0 Å². The number of nitrogens with zero attached hydrogens (tertiary/aromatic N) is 1. The van der Waals surface area contributed by atoms with Crippen LogP contribution in [-0.2, 0) is 11.2 Å². The Bertz CT molecular complexity index is 1130. The van der Waals surface area contributed by atoms with Crippen LogP contribution in [0.2, 0.25) is 5.02 Å². The Labute approximate surface area is 170 Å². The highest BCUT2D eigenvalue weighted by Gasteiger charge is 2.41. The average Bonchev–Trinajstić information content (AvgIpc) is 3.24. The molecule has 140 valence electrons. The van der Waals surface area contributed by atoms with E-state index in [1.165, 1.54) is 0 Å². The molecule has 5 nitrogen and oxygen atoms in total. The Hall–Kier alpha value is -2.57. The van der Waals surface area contributed by atoms with Gasteiger partial charge in [0.15, 0.2) is 0 Å². The lowest BCUT2D eigenvalue weighted by atomic mass is 9.97. The average molecular weight is 411 g/mol. The molecule has 5 rings (SSSR count). The highest BCUT2D eigenvalue weighted by molar-refractivity contribution is 8.15. The van der Waals surface area contributed by atoms with Crippen molar-refractivity contribution in [3.8, 4) is 11.5 Å². The number of hydrogen-bond donors (Lipinski definition) is 1. The molecule has 2 aromatic carbocycles. The zero-order chi connectivity index (χ0) is 19.3. The second kappa shape index (κ2) is 6.79. The molecule has 0 bridgehead atoms. The molecule has 1 aliphatic heterocycles. The summed E-state index contributed by atoms with van der Waals surface area (Å²) in [6.07, 6.45) is 3.39. The molecule has 1 fully saturated rings. The summed E-state index contributed by atoms with van der Waals surface area (Å²) in [7, 11) is 0. The molecule has 2 atom stereocenters. The number of imide groups is 1. The molecule has 1 N–H and O–H groups in total. The minimum atomic E-state index is -0.341. The molecule has 2 amide bonds. The Morgan fingerprint density at radius 1 is 1.18 bits per heavy atom. The van der Waals surface area contributed by atoms with Gasteiger partial charge in [-0.3, -0.25) is 19.9 Å². The van der Waals surface area contributed by atoms with E-state index >= 15 is 0 Å². The number of aryl methyl sites for hydroxylation is 1. The minimum absolute atomic E-state index is 0.0565. The molecular weight excluding hydrogens is 396 g/mol. The number of nitrogens with one attached hydrogen (secondary N) is 1. The molecule has 1 unspecified atom stereocenters. The lowest BCUT2D eigenvalue weighted by molar-refractivity contribution is -0.119. The van der Waals surface area contributed by atoms with Crippen LogP contribution in [0.25, 0.3) is 10.9 Å². The predicted molar refractivity (Wildman–Crippen MR) is 109 cm³/mol. The monoisotopic (exact) mass is 410 g/mol. The van der Waals surface area contributed by atoms with Crippen LogP contribution in [-0.4, -0.2) is 21.4 Å². The third kappa shape index (κ3) is 2.93. The zero-order valence-corrected chi connectivity index (χ0v) is 16.2. The summed E-state index contributed by atoms with van der Waals surface area (Å²) in [5.41, 5.74) is 2.99. The van der Waals surface area contributed by atoms with Crippen LogP contribution in [0.4, 0.5) is 4.79 Å². The summed E-state index contributed by atoms with van der Waals surface area (Å²) in [6, 6.07) is 13.4. The van der Waals surface area contributed by atoms with E-state index in [4.69, 9.17) is 16.3 Å². The van der Waals surface area contributed by atoms with Gasteiger partial charge in [-0.1, -0.05) is 35.5 Å². The van der Waals surface area contributed by atoms with E-state index in [1.807, 2.05) is 36.4 Å². The van der Waals surface area contributed by atoms with Crippen molar-refractivity contribution in [2.75, 3.05) is 0 Å². The molecular formula is C21H15ClN2O3S. The Balaban J connectivity index is 1.45. The van der Waals surface area contributed by atoms with Crippen LogP contribution in [0, 0.1) is 0 Å². The van der Waals surface area contributed by atoms with Gasteiger partial charge < -0.3 is 4.74 Å². The maximum absolute atomic E-state index is 12.0. The van der Waals surface area contributed by atoms with Crippen LogP contribution in [0.1, 0.15) is 23.5 Å². The third-order valence-corrected chi connectivity index (χ3v) is 6.65. The lowest BCUT2D eigenvalue weighted by Crippen LogP contribution is -2.27. The van der Waals surface area contributed by atoms with Gasteiger partial charge in [-0.05, 0) is 54.3 Å². The van der Waals surface area contributed by atoms with Gasteiger partial charge in [0.25, 0.3) is 5.24 Å². The van der Waals surface area contributed by atoms with Crippen molar-refractivity contribution >= 4 is 45.4 Å². The van der Waals surface area contributed by atoms with E-state index in [-0.39, 0.29) is 22.3 Å². The van der Waals surface area contributed by atoms with Crippen LogP contribution in [0.5, 0.6) is 11.5 Å². The largest absolute Gasteiger partial charge is 0.457 e. The number of rotatable bonds is 3. The molecule has 0 saturated carbocycles. The number of benzene rings is 2. The second-order valence-corrected chi connectivity index (χ2v) is 8.39. The van der Waals surface area contributed by atoms with Gasteiger partial charge in [0.1, 0.15) is 16.7 Å². The number of amides is 2. The Morgan fingerprint density at radius 2 is 2.07 bits per heavy atom. The van der Waals surface area contributed by atoms with Gasteiger partial charge in [-0.2, -0.15) is 0 Å². The van der Waals surface area contributed by atoms with Crippen molar-refractivity contribution in [1.29, 1.82) is 0 Å². The maximum atomic E-state index is 12.0. The minimum Gasteiger partial charge on any atom is -0.457 e. The molecule has 1 aromatic heterocycles. The fourth-order valence-electron chi connectivity index (χ4n) is 3.97. The molecule has 0 radical (unpaired) electrons. The van der Waals surface area contributed by atoms with Gasteiger partial charge in [-0.25, -0.2) is 0 Å². The summed E-state index contributed by atoms with van der Waals surface area (Å²) >= 11 is 7.33. The van der Waals surface area contributed by atoms with Crippen molar-refractivity contribution in [3.63, 3.8) is 0 Å². The first-order chi connectivity index (χ1) is 13.6. The number of para-hydroxylation sites is 1. The van der Waals surface area contributed by atoms with Crippen LogP contribution < -0.4 is 10.1 Å². The Kier molecular flexibility index (Phi) is 4.25. The van der Waals surface area contributed by atoms with Crippen molar-refractivity contribution in [3.05, 3.63) is 64.8 Å². The number of pyridine rings is 1. The SMILES string of the molecule is O=C1NC(=O)C([C@@H]2CCc3cc(Oc4ccnc5c(Cl)cccc45)ccc32)S1. The standard InChI is InChI=1S/C21H15ClN2O3S/c22-16-3-1-2-15-17(8-9-23-18(15)16)27-12-5-7-13-11(10-12)4-6-14(13)19-20(25)24-21(26)28-19/h1-3,5,7-10,14,19H,4,6H2,(H,24,25,26)/t14-,19?/m1/s1. The van der Waals surface area contributed by atoms with Crippen LogP contribution >= 0.6 is 23.4 Å². The molecule has 2 aliphatic rings. The van der Waals surface area contributed by atoms with E-state index in [1.54, 1.807) is 12.3 Å². The number of ether oxygens (including phenoxy) is 1. The molecule has 28 heavy (non-hydrogen) atoms. The van der Waals surface area contributed by atoms with Crippen LogP contribution in [0.15, 0.2) is 48.7 Å². The normalized spacial score (nSPS) is 21.0. The number of carbonyl (C=O) groups excluding carboxylic acids is 2. The smallest absolute Gasteiger partial charge is 0.286 e. The first-order valence-corrected chi connectivity index (χ1v) is 10.2. The number of hydrogen-bond acceptors (Lipinski definition) is 5. The maximum Gasteiger partial charge on any atom is 0.286 e. The molecule has 7 heteroatoms. The third-order valence-electron chi connectivity index (χ3n) is 5.23. The number of halogens is 1. The van der Waals surface area contributed by atoms with Gasteiger partial charge in [0.05, 0.1) is 10.5 Å². The van der Waals surface area contributed by atoms with Crippen LogP contribution in [0.3, 0.4) is 0 Å². The van der Waals surface area contributed by atoms with E-state index in [9.17, 15) is 9.59 Å². The zero-order valence-electron chi connectivity index (χ0n) is 14.6. The van der Waals surface area contributed by atoms with Gasteiger partial charge >= 0.3 is 0 Å². The highest BCUT2D eigenvalue weighted by Crippen LogP contribution is 2.43. The van der Waals surface area contributed by atoms with Crippen molar-refractivity contribution < 1.29 is 14.3 Å². The van der Waals surface area contributed by atoms with E-state index < -0.39 is 0 Å².